The molecule has 1 fully saturated rings. The van der Waals surface area contributed by atoms with Gasteiger partial charge < -0.3 is 20.1 Å². The molecule has 0 unspecified atom stereocenters. The molecule has 2 aromatic carbocycles. The highest BCUT2D eigenvalue weighted by Crippen LogP contribution is 2.20. The Bertz CT molecular complexity index is 733. The molecule has 0 saturated heterocycles. The summed E-state index contributed by atoms with van der Waals surface area (Å²) in [7, 11) is 3.18. The van der Waals surface area contributed by atoms with Gasteiger partial charge in [-0.15, -0.1) is 0 Å². The van der Waals surface area contributed by atoms with E-state index in [1.54, 1.807) is 62.8 Å². The van der Waals surface area contributed by atoms with Crippen molar-refractivity contribution in [3.8, 4) is 11.5 Å². The molecule has 148 valence electrons. The van der Waals surface area contributed by atoms with Crippen molar-refractivity contribution in [2.24, 2.45) is 0 Å². The van der Waals surface area contributed by atoms with Crippen LogP contribution in [0.3, 0.4) is 0 Å². The Hall–Kier alpha value is -3.02. The van der Waals surface area contributed by atoms with E-state index in [0.717, 1.165) is 25.7 Å². The van der Waals surface area contributed by atoms with E-state index in [-0.39, 0.29) is 23.9 Å². The van der Waals surface area contributed by atoms with Gasteiger partial charge in [-0.25, -0.2) is 0 Å². The van der Waals surface area contributed by atoms with Crippen LogP contribution in [0.2, 0.25) is 0 Å². The summed E-state index contributed by atoms with van der Waals surface area (Å²) in [6.07, 6.45) is 3.75. The van der Waals surface area contributed by atoms with Crippen LogP contribution in [-0.4, -0.2) is 38.1 Å². The molecule has 0 spiro atoms. The van der Waals surface area contributed by atoms with Gasteiger partial charge in [0.25, 0.3) is 11.8 Å². The number of nitrogens with one attached hydrogen (secondary N) is 2. The first-order chi connectivity index (χ1) is 13.6. The molecular formula is C22H26N2O4. The maximum atomic E-state index is 12.6. The second-order valence-electron chi connectivity index (χ2n) is 6.90. The van der Waals surface area contributed by atoms with Crippen molar-refractivity contribution in [1.29, 1.82) is 0 Å². The summed E-state index contributed by atoms with van der Waals surface area (Å²) in [5.41, 5.74) is 1.15. The normalized spacial score (nSPS) is 18.8. The maximum Gasteiger partial charge on any atom is 0.251 e. The number of benzene rings is 2. The molecule has 0 heterocycles. The highest BCUT2D eigenvalue weighted by Gasteiger charge is 2.28. The van der Waals surface area contributed by atoms with Gasteiger partial charge in [0.15, 0.2) is 0 Å². The van der Waals surface area contributed by atoms with Crippen LogP contribution in [0.1, 0.15) is 46.4 Å². The minimum absolute atomic E-state index is 0.0921. The lowest BCUT2D eigenvalue weighted by molar-refractivity contribution is 0.0862. The molecule has 1 saturated carbocycles. The van der Waals surface area contributed by atoms with E-state index in [0.29, 0.717) is 22.6 Å². The number of hydrogen-bond acceptors (Lipinski definition) is 4. The first-order valence-electron chi connectivity index (χ1n) is 9.50. The number of hydrogen-bond donors (Lipinski definition) is 2. The zero-order chi connectivity index (χ0) is 19.9. The van der Waals surface area contributed by atoms with Crippen molar-refractivity contribution >= 4 is 11.8 Å². The largest absolute Gasteiger partial charge is 0.497 e. The van der Waals surface area contributed by atoms with Gasteiger partial charge in [-0.3, -0.25) is 9.59 Å². The summed E-state index contributed by atoms with van der Waals surface area (Å²) >= 11 is 0. The average molecular weight is 382 g/mol. The Morgan fingerprint density at radius 3 is 1.39 bits per heavy atom. The van der Waals surface area contributed by atoms with E-state index in [9.17, 15) is 9.59 Å². The predicted molar refractivity (Wildman–Crippen MR) is 107 cm³/mol. The number of methoxy groups -OCH3 is 2. The molecule has 2 atom stereocenters. The minimum Gasteiger partial charge on any atom is -0.497 e. The third kappa shape index (κ3) is 4.82. The lowest BCUT2D eigenvalue weighted by Crippen LogP contribution is -2.53. The van der Waals surface area contributed by atoms with Crippen molar-refractivity contribution in [1.82, 2.24) is 10.6 Å². The molecule has 28 heavy (non-hydrogen) atoms. The quantitative estimate of drug-likeness (QED) is 0.805. The van der Waals surface area contributed by atoms with E-state index in [2.05, 4.69) is 10.6 Å². The minimum atomic E-state index is -0.141. The van der Waals surface area contributed by atoms with E-state index in [1.807, 2.05) is 0 Å². The second-order valence-corrected chi connectivity index (χ2v) is 6.90. The molecule has 6 nitrogen and oxygen atoms in total. The summed E-state index contributed by atoms with van der Waals surface area (Å²) < 4.78 is 10.3. The molecule has 2 aromatic rings. The Morgan fingerprint density at radius 1 is 0.714 bits per heavy atom. The zero-order valence-electron chi connectivity index (χ0n) is 16.2. The Kier molecular flexibility index (Phi) is 6.53. The summed E-state index contributed by atoms with van der Waals surface area (Å²) in [4.78, 5) is 25.2. The average Bonchev–Trinajstić information content (AvgIpc) is 2.75. The smallest absolute Gasteiger partial charge is 0.251 e. The third-order valence-electron chi connectivity index (χ3n) is 5.10. The monoisotopic (exact) mass is 382 g/mol. The van der Waals surface area contributed by atoms with Gasteiger partial charge in [0.1, 0.15) is 11.5 Å². The zero-order valence-corrected chi connectivity index (χ0v) is 16.2. The third-order valence-corrected chi connectivity index (χ3v) is 5.10. The van der Waals surface area contributed by atoms with Gasteiger partial charge in [-0.2, -0.15) is 0 Å². The highest BCUT2D eigenvalue weighted by atomic mass is 16.5. The molecule has 1 aliphatic rings. The van der Waals surface area contributed by atoms with E-state index in [1.165, 1.54) is 0 Å². The maximum absolute atomic E-state index is 12.6. The van der Waals surface area contributed by atoms with Crippen LogP contribution < -0.4 is 20.1 Å². The fraction of sp³-hybridized carbons (Fsp3) is 0.364. The molecular weight excluding hydrogens is 356 g/mol. The SMILES string of the molecule is COc1ccc(C(=O)N[C@H]2CCCC[C@H]2NC(=O)c2ccc(OC)cc2)cc1. The number of ether oxygens (including phenoxy) is 2. The van der Waals surface area contributed by atoms with Crippen molar-refractivity contribution in [2.75, 3.05) is 14.2 Å². The molecule has 2 N–H and O–H groups in total. The lowest BCUT2D eigenvalue weighted by atomic mass is 9.89. The molecule has 2 amide bonds. The molecule has 0 aromatic heterocycles. The van der Waals surface area contributed by atoms with Crippen LogP contribution in [0.25, 0.3) is 0 Å². The molecule has 1 aliphatic carbocycles. The van der Waals surface area contributed by atoms with Crippen LogP contribution in [0.5, 0.6) is 11.5 Å². The van der Waals surface area contributed by atoms with Gasteiger partial charge in [0.2, 0.25) is 0 Å². The van der Waals surface area contributed by atoms with Crippen LogP contribution in [0.4, 0.5) is 0 Å². The first kappa shape index (κ1) is 19.7. The molecule has 3 rings (SSSR count). The Morgan fingerprint density at radius 2 is 1.07 bits per heavy atom. The summed E-state index contributed by atoms with van der Waals surface area (Å²) in [5.74, 6) is 1.13. The van der Waals surface area contributed by atoms with Crippen molar-refractivity contribution in [3.05, 3.63) is 59.7 Å². The summed E-state index contributed by atoms with van der Waals surface area (Å²) in [6.45, 7) is 0. The number of rotatable bonds is 6. The van der Waals surface area contributed by atoms with Gasteiger partial charge in [0, 0.05) is 23.2 Å². The number of carbonyl (C=O) groups is 2. The Labute approximate surface area is 165 Å². The fourth-order valence-corrected chi connectivity index (χ4v) is 3.46. The fourth-order valence-electron chi connectivity index (χ4n) is 3.46. The van der Waals surface area contributed by atoms with Crippen LogP contribution in [0.15, 0.2) is 48.5 Å². The summed E-state index contributed by atoms with van der Waals surface area (Å²) in [6, 6.07) is 13.8. The molecule has 6 heteroatoms. The highest BCUT2D eigenvalue weighted by molar-refractivity contribution is 5.95. The molecule has 0 aliphatic heterocycles. The standard InChI is InChI=1S/C22H26N2O4/c1-27-17-11-7-15(8-12-17)21(25)23-19-5-3-4-6-20(19)24-22(26)16-9-13-18(28-2)14-10-16/h7-14,19-20H,3-6H2,1-2H3,(H,23,25)(H,24,26)/t19-,20+. The summed E-state index contributed by atoms with van der Waals surface area (Å²) in [5, 5.41) is 6.17. The van der Waals surface area contributed by atoms with Crippen LogP contribution in [0, 0.1) is 0 Å². The van der Waals surface area contributed by atoms with E-state index < -0.39 is 0 Å². The number of carbonyl (C=O) groups excluding carboxylic acids is 2. The van der Waals surface area contributed by atoms with Gasteiger partial charge in [-0.1, -0.05) is 12.8 Å². The van der Waals surface area contributed by atoms with Gasteiger partial charge in [0.05, 0.1) is 14.2 Å². The first-order valence-corrected chi connectivity index (χ1v) is 9.50. The van der Waals surface area contributed by atoms with Crippen molar-refractivity contribution in [2.45, 2.75) is 37.8 Å². The van der Waals surface area contributed by atoms with E-state index in [4.69, 9.17) is 9.47 Å². The molecule has 0 bridgehead atoms. The van der Waals surface area contributed by atoms with E-state index >= 15 is 0 Å². The van der Waals surface area contributed by atoms with Gasteiger partial charge >= 0.3 is 0 Å². The Balaban J connectivity index is 1.63. The van der Waals surface area contributed by atoms with Crippen LogP contribution in [-0.2, 0) is 0 Å². The number of amides is 2. The van der Waals surface area contributed by atoms with Crippen LogP contribution >= 0.6 is 0 Å². The second kappa shape index (κ2) is 9.26. The van der Waals surface area contributed by atoms with Crippen molar-refractivity contribution in [3.63, 3.8) is 0 Å². The predicted octanol–water partition coefficient (Wildman–Crippen LogP) is 3.17. The molecule has 0 radical (unpaired) electrons. The van der Waals surface area contributed by atoms with Crippen molar-refractivity contribution < 1.29 is 19.1 Å². The van der Waals surface area contributed by atoms with Gasteiger partial charge in [-0.05, 0) is 61.4 Å². The lowest BCUT2D eigenvalue weighted by Gasteiger charge is -2.33. The topological polar surface area (TPSA) is 76.7 Å².